The van der Waals surface area contributed by atoms with E-state index in [-0.39, 0.29) is 10.3 Å². The first-order valence-electron chi connectivity index (χ1n) is 3.63. The predicted octanol–water partition coefficient (Wildman–Crippen LogP) is 2.57. The van der Waals surface area contributed by atoms with Crippen molar-refractivity contribution in [3.8, 4) is 0 Å². The Bertz CT molecular complexity index is 308. The van der Waals surface area contributed by atoms with E-state index in [1.165, 1.54) is 12.1 Å². The highest BCUT2D eigenvalue weighted by Gasteiger charge is 2.08. The van der Waals surface area contributed by atoms with Crippen molar-refractivity contribution in [1.29, 1.82) is 0 Å². The number of rotatable bonds is 2. The summed E-state index contributed by atoms with van der Waals surface area (Å²) >= 11 is 11.2. The minimum absolute atomic E-state index is 0.176. The smallest absolute Gasteiger partial charge is 0.338 e. The van der Waals surface area contributed by atoms with E-state index in [0.717, 1.165) is 0 Å². The van der Waals surface area contributed by atoms with Crippen molar-refractivity contribution in [2.75, 3.05) is 6.61 Å². The first-order valence-corrected chi connectivity index (χ1v) is 4.39. The van der Waals surface area contributed by atoms with Gasteiger partial charge in [0.15, 0.2) is 0 Å². The fourth-order valence-corrected chi connectivity index (χ4v) is 1.26. The summed E-state index contributed by atoms with van der Waals surface area (Å²) < 4.78 is 4.75. The standard InChI is InChI=1S/C8H7Cl2NO2/c1-2-13-8(12)5-3-6(9)11-7(10)4-5/h3-4H,2H2,1H3. The average molecular weight is 220 g/mol. The van der Waals surface area contributed by atoms with Gasteiger partial charge >= 0.3 is 5.97 Å². The van der Waals surface area contributed by atoms with Crippen LogP contribution < -0.4 is 0 Å². The number of carbonyl (C=O) groups is 1. The van der Waals surface area contributed by atoms with Crippen LogP contribution in [0.3, 0.4) is 0 Å². The number of esters is 1. The minimum Gasteiger partial charge on any atom is -0.462 e. The molecule has 0 aliphatic rings. The van der Waals surface area contributed by atoms with Crippen LogP contribution in [0.25, 0.3) is 0 Å². The van der Waals surface area contributed by atoms with Gasteiger partial charge in [-0.2, -0.15) is 0 Å². The molecule has 0 fully saturated rings. The van der Waals surface area contributed by atoms with Gasteiger partial charge in [0.25, 0.3) is 0 Å². The summed E-state index contributed by atoms with van der Waals surface area (Å²) in [7, 11) is 0. The Morgan fingerprint density at radius 1 is 1.46 bits per heavy atom. The summed E-state index contributed by atoms with van der Waals surface area (Å²) in [6.45, 7) is 2.04. The van der Waals surface area contributed by atoms with E-state index in [1.807, 2.05) is 0 Å². The maximum absolute atomic E-state index is 11.2. The lowest BCUT2D eigenvalue weighted by Gasteiger charge is -2.01. The van der Waals surface area contributed by atoms with Crippen LogP contribution in [-0.2, 0) is 4.74 Å². The highest BCUT2D eigenvalue weighted by molar-refractivity contribution is 6.32. The summed E-state index contributed by atoms with van der Waals surface area (Å²) in [5.41, 5.74) is 0.312. The molecule has 0 bridgehead atoms. The molecule has 0 amide bonds. The second-order valence-electron chi connectivity index (χ2n) is 2.22. The molecule has 0 N–H and O–H groups in total. The van der Waals surface area contributed by atoms with Gasteiger partial charge < -0.3 is 4.74 Å². The van der Waals surface area contributed by atoms with Gasteiger partial charge in [-0.05, 0) is 19.1 Å². The Hall–Kier alpha value is -0.800. The highest BCUT2D eigenvalue weighted by Crippen LogP contribution is 2.15. The van der Waals surface area contributed by atoms with E-state index < -0.39 is 5.97 Å². The monoisotopic (exact) mass is 219 g/mol. The van der Waals surface area contributed by atoms with Gasteiger partial charge in [0.1, 0.15) is 10.3 Å². The zero-order valence-corrected chi connectivity index (χ0v) is 8.39. The molecule has 5 heteroatoms. The summed E-state index contributed by atoms with van der Waals surface area (Å²) in [6.07, 6.45) is 0. The number of aromatic nitrogens is 1. The Labute approximate surface area is 85.6 Å². The third-order valence-corrected chi connectivity index (χ3v) is 1.66. The summed E-state index contributed by atoms with van der Waals surface area (Å²) in [5, 5.41) is 0.353. The van der Waals surface area contributed by atoms with Crippen molar-refractivity contribution in [2.45, 2.75) is 6.92 Å². The van der Waals surface area contributed by atoms with Gasteiger partial charge in [-0.3, -0.25) is 0 Å². The Balaban J connectivity index is 2.94. The maximum Gasteiger partial charge on any atom is 0.338 e. The molecule has 0 saturated carbocycles. The molecule has 0 aliphatic heterocycles. The van der Waals surface area contributed by atoms with Crippen molar-refractivity contribution in [3.05, 3.63) is 28.0 Å². The van der Waals surface area contributed by atoms with Crippen molar-refractivity contribution in [3.63, 3.8) is 0 Å². The molecule has 1 heterocycles. The van der Waals surface area contributed by atoms with Crippen molar-refractivity contribution in [2.24, 2.45) is 0 Å². The van der Waals surface area contributed by atoms with E-state index >= 15 is 0 Å². The molecule has 0 spiro atoms. The van der Waals surface area contributed by atoms with Gasteiger partial charge in [-0.1, -0.05) is 23.2 Å². The molecule has 0 aliphatic carbocycles. The van der Waals surface area contributed by atoms with Crippen LogP contribution in [0.4, 0.5) is 0 Å². The highest BCUT2D eigenvalue weighted by atomic mass is 35.5. The lowest BCUT2D eigenvalue weighted by molar-refractivity contribution is 0.0526. The molecule has 13 heavy (non-hydrogen) atoms. The van der Waals surface area contributed by atoms with Gasteiger partial charge in [0.05, 0.1) is 12.2 Å². The number of hydrogen-bond acceptors (Lipinski definition) is 3. The van der Waals surface area contributed by atoms with Crippen LogP contribution in [-0.4, -0.2) is 17.6 Å². The molecule has 1 aromatic heterocycles. The Kier molecular flexibility index (Phi) is 3.51. The first kappa shape index (κ1) is 10.3. The number of ether oxygens (including phenoxy) is 1. The van der Waals surface area contributed by atoms with Crippen LogP contribution in [0.15, 0.2) is 12.1 Å². The van der Waals surface area contributed by atoms with Crippen LogP contribution in [0, 0.1) is 0 Å². The lowest BCUT2D eigenvalue weighted by Crippen LogP contribution is -2.04. The minimum atomic E-state index is -0.450. The first-order chi connectivity index (χ1) is 6.13. The van der Waals surface area contributed by atoms with Crippen LogP contribution in [0.5, 0.6) is 0 Å². The van der Waals surface area contributed by atoms with E-state index in [1.54, 1.807) is 6.92 Å². The van der Waals surface area contributed by atoms with Gasteiger partial charge in [-0.25, -0.2) is 9.78 Å². The largest absolute Gasteiger partial charge is 0.462 e. The lowest BCUT2D eigenvalue weighted by atomic mass is 10.3. The molecular formula is C8H7Cl2NO2. The number of halogens is 2. The molecular weight excluding hydrogens is 213 g/mol. The Morgan fingerprint density at radius 3 is 2.46 bits per heavy atom. The quantitative estimate of drug-likeness (QED) is 0.567. The topological polar surface area (TPSA) is 39.2 Å². The normalized spacial score (nSPS) is 9.77. The molecule has 0 unspecified atom stereocenters. The fraction of sp³-hybridized carbons (Fsp3) is 0.250. The van der Waals surface area contributed by atoms with Gasteiger partial charge in [0.2, 0.25) is 0 Å². The summed E-state index contributed by atoms with van der Waals surface area (Å²) in [5.74, 6) is -0.450. The number of nitrogens with zero attached hydrogens (tertiary/aromatic N) is 1. The molecule has 3 nitrogen and oxygen atoms in total. The van der Waals surface area contributed by atoms with Crippen molar-refractivity contribution in [1.82, 2.24) is 4.98 Å². The van der Waals surface area contributed by atoms with E-state index in [9.17, 15) is 4.79 Å². The van der Waals surface area contributed by atoms with E-state index in [4.69, 9.17) is 27.9 Å². The zero-order valence-electron chi connectivity index (χ0n) is 6.88. The second kappa shape index (κ2) is 4.44. The second-order valence-corrected chi connectivity index (χ2v) is 3.00. The van der Waals surface area contributed by atoms with Crippen LogP contribution >= 0.6 is 23.2 Å². The number of hydrogen-bond donors (Lipinski definition) is 0. The number of pyridine rings is 1. The molecule has 1 rings (SSSR count). The molecule has 0 atom stereocenters. The van der Waals surface area contributed by atoms with E-state index in [0.29, 0.717) is 12.2 Å². The molecule has 1 aromatic rings. The maximum atomic E-state index is 11.2. The van der Waals surface area contributed by atoms with Crippen molar-refractivity contribution >= 4 is 29.2 Å². The molecule has 0 aromatic carbocycles. The zero-order chi connectivity index (χ0) is 9.84. The molecule has 0 radical (unpaired) electrons. The summed E-state index contributed by atoms with van der Waals surface area (Å²) in [4.78, 5) is 14.9. The SMILES string of the molecule is CCOC(=O)c1cc(Cl)nc(Cl)c1. The van der Waals surface area contributed by atoms with Gasteiger partial charge in [0, 0.05) is 0 Å². The van der Waals surface area contributed by atoms with Crippen molar-refractivity contribution < 1.29 is 9.53 Å². The predicted molar refractivity (Wildman–Crippen MR) is 50.2 cm³/mol. The average Bonchev–Trinajstić information content (AvgIpc) is 2.03. The van der Waals surface area contributed by atoms with Crippen LogP contribution in [0.2, 0.25) is 10.3 Å². The number of carbonyl (C=O) groups excluding carboxylic acids is 1. The third-order valence-electron chi connectivity index (χ3n) is 1.27. The summed E-state index contributed by atoms with van der Waals surface area (Å²) in [6, 6.07) is 2.82. The molecule has 0 saturated heterocycles. The third kappa shape index (κ3) is 2.86. The van der Waals surface area contributed by atoms with E-state index in [2.05, 4.69) is 4.98 Å². The van der Waals surface area contributed by atoms with Gasteiger partial charge in [-0.15, -0.1) is 0 Å². The Morgan fingerprint density at radius 2 is 2.00 bits per heavy atom. The fourth-order valence-electron chi connectivity index (χ4n) is 0.797. The van der Waals surface area contributed by atoms with Crippen LogP contribution in [0.1, 0.15) is 17.3 Å². The molecule has 70 valence electrons.